The maximum absolute atomic E-state index is 5.75. The van der Waals surface area contributed by atoms with E-state index >= 15 is 0 Å². The summed E-state index contributed by atoms with van der Waals surface area (Å²) in [6, 6.07) is 12.1. The van der Waals surface area contributed by atoms with Crippen LogP contribution in [0.1, 0.15) is 11.9 Å². The number of piperazine rings is 1. The Labute approximate surface area is 168 Å². The summed E-state index contributed by atoms with van der Waals surface area (Å²) in [7, 11) is 2.18. The number of benzene rings is 1. The zero-order valence-electron chi connectivity index (χ0n) is 16.4. The molecule has 29 heavy (non-hydrogen) atoms. The van der Waals surface area contributed by atoms with E-state index in [1.165, 1.54) is 0 Å². The van der Waals surface area contributed by atoms with Crippen LogP contribution in [0.2, 0.25) is 0 Å². The quantitative estimate of drug-likeness (QED) is 0.706. The van der Waals surface area contributed by atoms with Crippen LogP contribution in [0.25, 0.3) is 11.0 Å². The van der Waals surface area contributed by atoms with Crippen LogP contribution in [-0.2, 0) is 0 Å². The molecule has 1 unspecified atom stereocenters. The molecule has 1 saturated heterocycles. The first-order chi connectivity index (χ1) is 14.3. The van der Waals surface area contributed by atoms with Crippen molar-refractivity contribution in [2.24, 2.45) is 4.99 Å². The summed E-state index contributed by atoms with van der Waals surface area (Å²) in [4.78, 5) is 14.4. The third-order valence-corrected chi connectivity index (χ3v) is 5.98. The summed E-state index contributed by atoms with van der Waals surface area (Å²) < 4.78 is 7.96. The zero-order valence-corrected chi connectivity index (χ0v) is 16.4. The highest BCUT2D eigenvalue weighted by Gasteiger charge is 2.38. The Balaban J connectivity index is 1.40. The van der Waals surface area contributed by atoms with Gasteiger partial charge in [-0.25, -0.2) is 20.0 Å². The second kappa shape index (κ2) is 6.58. The molecule has 3 aliphatic heterocycles. The lowest BCUT2D eigenvalue weighted by Gasteiger charge is -2.46. The summed E-state index contributed by atoms with van der Waals surface area (Å²) in [5.74, 6) is 2.58. The van der Waals surface area contributed by atoms with Gasteiger partial charge in [-0.1, -0.05) is 12.1 Å². The lowest BCUT2D eigenvalue weighted by atomic mass is 10.2. The monoisotopic (exact) mass is 392 g/mol. The Kier molecular flexibility index (Phi) is 3.86. The Morgan fingerprint density at radius 3 is 2.72 bits per heavy atom. The first-order valence-electron chi connectivity index (χ1n) is 10.1. The lowest BCUT2D eigenvalue weighted by molar-refractivity contribution is -0.0528. The molecule has 1 fully saturated rings. The van der Waals surface area contributed by atoms with Crippen LogP contribution in [0.4, 0.5) is 5.95 Å². The first-order valence-corrected chi connectivity index (χ1v) is 10.1. The van der Waals surface area contributed by atoms with E-state index in [4.69, 9.17) is 14.4 Å². The number of anilines is 1. The number of furan rings is 1. The molecule has 0 spiro atoms. The number of hydrogen-bond donors (Lipinski definition) is 1. The number of imidazole rings is 1. The van der Waals surface area contributed by atoms with E-state index in [1.54, 1.807) is 6.26 Å². The zero-order chi connectivity index (χ0) is 19.4. The Hall–Kier alpha value is -2.88. The number of rotatable bonds is 2. The van der Waals surface area contributed by atoms with Gasteiger partial charge in [-0.05, 0) is 31.3 Å². The average molecular weight is 392 g/mol. The Morgan fingerprint density at radius 2 is 1.90 bits per heavy atom. The van der Waals surface area contributed by atoms with E-state index in [1.807, 2.05) is 24.3 Å². The number of aromatic nitrogens is 2. The number of nitrogens with zero attached hydrogens (tertiary/aromatic N) is 7. The molecule has 0 amide bonds. The molecule has 5 heterocycles. The van der Waals surface area contributed by atoms with Gasteiger partial charge in [0.05, 0.1) is 24.0 Å². The fraction of sp³-hybridized carbons (Fsp3) is 0.400. The van der Waals surface area contributed by atoms with E-state index < -0.39 is 0 Å². The molecular weight excluding hydrogens is 368 g/mol. The standard InChI is InChI=1S/C20H24N8O/c1-24-8-10-25(11-9-24)26-13-21-19-23-18(17-7-4-12-29-17)28-16-6-3-2-5-15(16)22-20(28)27(19)14-26/h2-7,12,18H,8-11,13-14H2,1H3,(H,21,23). The normalized spacial score (nSPS) is 23.6. The van der Waals surface area contributed by atoms with Crippen molar-refractivity contribution in [2.75, 3.05) is 51.5 Å². The predicted octanol–water partition coefficient (Wildman–Crippen LogP) is 1.33. The van der Waals surface area contributed by atoms with Crippen molar-refractivity contribution in [2.45, 2.75) is 6.17 Å². The molecule has 6 rings (SSSR count). The highest BCUT2D eigenvalue weighted by molar-refractivity contribution is 5.98. The van der Waals surface area contributed by atoms with Crippen molar-refractivity contribution >= 4 is 22.9 Å². The molecule has 3 aliphatic rings. The van der Waals surface area contributed by atoms with Crippen LogP contribution in [0.3, 0.4) is 0 Å². The van der Waals surface area contributed by atoms with Crippen molar-refractivity contribution in [3.8, 4) is 0 Å². The van der Waals surface area contributed by atoms with Gasteiger partial charge in [0.25, 0.3) is 0 Å². The Morgan fingerprint density at radius 1 is 1.03 bits per heavy atom. The van der Waals surface area contributed by atoms with Gasteiger partial charge in [0.15, 0.2) is 6.17 Å². The second-order valence-corrected chi connectivity index (χ2v) is 7.79. The van der Waals surface area contributed by atoms with E-state index in [-0.39, 0.29) is 6.17 Å². The molecule has 0 radical (unpaired) electrons. The summed E-state index contributed by atoms with van der Waals surface area (Å²) in [6.45, 7) is 5.56. The minimum Gasteiger partial charge on any atom is -0.465 e. The van der Waals surface area contributed by atoms with Crippen LogP contribution in [0.15, 0.2) is 52.1 Å². The largest absolute Gasteiger partial charge is 0.465 e. The van der Waals surface area contributed by atoms with Gasteiger partial charge in [0, 0.05) is 26.2 Å². The van der Waals surface area contributed by atoms with Crippen molar-refractivity contribution in [1.29, 1.82) is 0 Å². The number of likely N-dealkylation sites (N-methyl/N-ethyl adjacent to an activating group) is 1. The van der Waals surface area contributed by atoms with Gasteiger partial charge < -0.3 is 14.6 Å². The number of fused-ring (bicyclic) bond motifs is 5. The summed E-state index contributed by atoms with van der Waals surface area (Å²) in [5, 5.41) is 8.30. The highest BCUT2D eigenvalue weighted by Crippen LogP contribution is 2.34. The maximum Gasteiger partial charge on any atom is 0.216 e. The number of hydrazine groups is 1. The highest BCUT2D eigenvalue weighted by atomic mass is 16.3. The number of guanidine groups is 1. The molecule has 1 aromatic carbocycles. The SMILES string of the molecule is CN1CCN(N2CN=C3NC(c4ccco4)n4c(nc5ccccc54)N3C2)CC1. The molecule has 150 valence electrons. The number of para-hydroxylation sites is 2. The average Bonchev–Trinajstić information content (AvgIpc) is 3.42. The van der Waals surface area contributed by atoms with Gasteiger partial charge in [-0.3, -0.25) is 9.47 Å². The fourth-order valence-corrected chi connectivity index (χ4v) is 4.36. The third-order valence-electron chi connectivity index (χ3n) is 5.98. The fourth-order valence-electron chi connectivity index (χ4n) is 4.36. The number of aliphatic imine (C=N–C) groups is 1. The summed E-state index contributed by atoms with van der Waals surface area (Å²) in [5.41, 5.74) is 2.05. The van der Waals surface area contributed by atoms with E-state index in [9.17, 15) is 0 Å². The topological polar surface area (TPSA) is 68.3 Å². The number of nitrogens with one attached hydrogen (secondary N) is 1. The van der Waals surface area contributed by atoms with Crippen LogP contribution in [0.5, 0.6) is 0 Å². The van der Waals surface area contributed by atoms with Crippen LogP contribution in [-0.4, -0.2) is 77.0 Å². The van der Waals surface area contributed by atoms with Crippen LogP contribution >= 0.6 is 0 Å². The van der Waals surface area contributed by atoms with Gasteiger partial charge in [-0.15, -0.1) is 0 Å². The summed E-state index contributed by atoms with van der Waals surface area (Å²) in [6.07, 6.45) is 1.54. The second-order valence-electron chi connectivity index (χ2n) is 7.79. The van der Waals surface area contributed by atoms with Crippen molar-refractivity contribution in [1.82, 2.24) is 29.8 Å². The van der Waals surface area contributed by atoms with Gasteiger partial charge >= 0.3 is 0 Å². The van der Waals surface area contributed by atoms with E-state index in [2.05, 4.69) is 48.9 Å². The molecule has 1 N–H and O–H groups in total. The molecule has 9 heteroatoms. The van der Waals surface area contributed by atoms with Crippen LogP contribution in [0, 0.1) is 0 Å². The molecule has 0 saturated carbocycles. The van der Waals surface area contributed by atoms with Crippen molar-refractivity contribution in [3.63, 3.8) is 0 Å². The lowest BCUT2D eigenvalue weighted by Crippen LogP contribution is -2.62. The van der Waals surface area contributed by atoms with Gasteiger partial charge in [0.1, 0.15) is 12.4 Å². The van der Waals surface area contributed by atoms with Gasteiger partial charge in [0.2, 0.25) is 11.9 Å². The van der Waals surface area contributed by atoms with Crippen molar-refractivity contribution in [3.05, 3.63) is 48.4 Å². The molecule has 1 atom stereocenters. The third kappa shape index (κ3) is 2.73. The van der Waals surface area contributed by atoms with Crippen molar-refractivity contribution < 1.29 is 4.42 Å². The molecular formula is C20H24N8O. The summed E-state index contributed by atoms with van der Waals surface area (Å²) >= 11 is 0. The molecule has 9 nitrogen and oxygen atoms in total. The van der Waals surface area contributed by atoms with E-state index in [0.717, 1.165) is 61.5 Å². The molecule has 2 aromatic heterocycles. The number of hydrogen-bond acceptors (Lipinski definition) is 8. The minimum absolute atomic E-state index is 0.169. The van der Waals surface area contributed by atoms with E-state index in [0.29, 0.717) is 6.67 Å². The molecule has 0 bridgehead atoms. The predicted molar refractivity (Wildman–Crippen MR) is 110 cm³/mol. The first kappa shape index (κ1) is 17.0. The molecule has 0 aliphatic carbocycles. The Bertz CT molecular complexity index is 1050. The molecule has 3 aromatic rings. The minimum atomic E-state index is -0.169. The maximum atomic E-state index is 5.75. The van der Waals surface area contributed by atoms with Crippen LogP contribution < -0.4 is 10.2 Å². The smallest absolute Gasteiger partial charge is 0.216 e. The van der Waals surface area contributed by atoms with Gasteiger partial charge in [-0.2, -0.15) is 0 Å².